The van der Waals surface area contributed by atoms with Crippen LogP contribution in [0.3, 0.4) is 0 Å². The van der Waals surface area contributed by atoms with Gasteiger partial charge in [0.25, 0.3) is 5.91 Å². The number of carbonyl (C=O) groups is 2. The van der Waals surface area contributed by atoms with Crippen molar-refractivity contribution >= 4 is 23.2 Å². The molecule has 0 radical (unpaired) electrons. The topological polar surface area (TPSA) is 107 Å². The molecule has 9 heteroatoms. The Morgan fingerprint density at radius 3 is 2.60 bits per heavy atom. The maximum Gasteiger partial charge on any atom is 0.306 e. The Morgan fingerprint density at radius 2 is 1.92 bits per heavy atom. The molecular formula is C16H25N5O3S. The Hall–Kier alpha value is -1.58. The van der Waals surface area contributed by atoms with Crippen LogP contribution in [0.4, 0.5) is 0 Å². The van der Waals surface area contributed by atoms with Gasteiger partial charge in [-0.15, -0.1) is 10.2 Å². The second-order valence-corrected chi connectivity index (χ2v) is 7.69. The zero-order valence-corrected chi connectivity index (χ0v) is 15.1. The molecule has 1 aromatic rings. The highest BCUT2D eigenvalue weighted by Crippen LogP contribution is 2.27. The van der Waals surface area contributed by atoms with Gasteiger partial charge in [0.05, 0.1) is 5.92 Å². The Kier molecular flexibility index (Phi) is 6.33. The maximum absolute atomic E-state index is 12.2. The Labute approximate surface area is 151 Å². The number of aliphatic carboxylic acids is 1. The van der Waals surface area contributed by atoms with Crippen LogP contribution in [0.15, 0.2) is 0 Å². The van der Waals surface area contributed by atoms with Crippen LogP contribution in [0.1, 0.15) is 46.4 Å². The average molecular weight is 367 g/mol. The molecule has 3 heterocycles. The maximum atomic E-state index is 12.2. The van der Waals surface area contributed by atoms with Crippen LogP contribution in [0, 0.1) is 5.92 Å². The highest BCUT2D eigenvalue weighted by Gasteiger charge is 2.24. The molecule has 0 aliphatic carbocycles. The molecule has 1 aromatic heterocycles. The van der Waals surface area contributed by atoms with Crippen molar-refractivity contribution in [3.05, 3.63) is 10.0 Å². The molecule has 2 fully saturated rings. The van der Waals surface area contributed by atoms with Gasteiger partial charge in [-0.05, 0) is 51.9 Å². The number of aromatic nitrogens is 2. The van der Waals surface area contributed by atoms with Gasteiger partial charge in [0.1, 0.15) is 5.01 Å². The summed E-state index contributed by atoms with van der Waals surface area (Å²) in [6, 6.07) is 0. The van der Waals surface area contributed by atoms with E-state index in [1.54, 1.807) is 0 Å². The van der Waals surface area contributed by atoms with Crippen LogP contribution in [0.25, 0.3) is 0 Å². The minimum absolute atomic E-state index is 0.168. The molecule has 0 aromatic carbocycles. The van der Waals surface area contributed by atoms with E-state index < -0.39 is 5.97 Å². The van der Waals surface area contributed by atoms with Crippen LogP contribution in [0.2, 0.25) is 0 Å². The Morgan fingerprint density at radius 1 is 1.20 bits per heavy atom. The summed E-state index contributed by atoms with van der Waals surface area (Å²) in [5.41, 5.74) is 0. The lowest BCUT2D eigenvalue weighted by Crippen LogP contribution is -2.40. The van der Waals surface area contributed by atoms with E-state index in [1.807, 2.05) is 0 Å². The number of carbonyl (C=O) groups excluding carboxylic acids is 1. The number of rotatable bonds is 6. The normalized spacial score (nSPS) is 20.5. The second-order valence-electron chi connectivity index (χ2n) is 6.68. The van der Waals surface area contributed by atoms with E-state index in [2.05, 4.69) is 25.7 Å². The van der Waals surface area contributed by atoms with Crippen LogP contribution < -0.4 is 10.6 Å². The number of hydrogen-bond acceptors (Lipinski definition) is 7. The predicted octanol–water partition coefficient (Wildman–Crippen LogP) is 0.532. The number of carboxylic acid groups (broad SMARTS) is 1. The summed E-state index contributed by atoms with van der Waals surface area (Å²) in [5.74, 6) is -0.677. The van der Waals surface area contributed by atoms with Gasteiger partial charge in [-0.3, -0.25) is 9.59 Å². The zero-order chi connectivity index (χ0) is 17.6. The van der Waals surface area contributed by atoms with Crippen LogP contribution in [-0.4, -0.2) is 71.3 Å². The number of piperidine rings is 2. The van der Waals surface area contributed by atoms with Crippen molar-refractivity contribution in [2.24, 2.45) is 5.92 Å². The number of amides is 1. The minimum Gasteiger partial charge on any atom is -0.481 e. The monoisotopic (exact) mass is 367 g/mol. The summed E-state index contributed by atoms with van der Waals surface area (Å²) in [7, 11) is 0. The fourth-order valence-corrected chi connectivity index (χ4v) is 4.30. The van der Waals surface area contributed by atoms with E-state index in [-0.39, 0.29) is 11.8 Å². The van der Waals surface area contributed by atoms with Gasteiger partial charge in [-0.1, -0.05) is 11.3 Å². The van der Waals surface area contributed by atoms with Crippen molar-refractivity contribution < 1.29 is 14.7 Å². The largest absolute Gasteiger partial charge is 0.481 e. The van der Waals surface area contributed by atoms with Gasteiger partial charge < -0.3 is 20.6 Å². The predicted molar refractivity (Wildman–Crippen MR) is 93.9 cm³/mol. The van der Waals surface area contributed by atoms with Crippen LogP contribution in [-0.2, 0) is 4.79 Å². The van der Waals surface area contributed by atoms with Crippen molar-refractivity contribution in [3.8, 4) is 0 Å². The minimum atomic E-state index is -0.700. The van der Waals surface area contributed by atoms with Gasteiger partial charge in [-0.2, -0.15) is 0 Å². The number of hydrogen-bond donors (Lipinski definition) is 3. The SMILES string of the molecule is O=C(NCCN1CCC(C(=O)O)CC1)c1nnc(C2CCNCC2)s1. The zero-order valence-electron chi connectivity index (χ0n) is 14.2. The fraction of sp³-hybridized carbons (Fsp3) is 0.750. The average Bonchev–Trinajstić information content (AvgIpc) is 3.13. The summed E-state index contributed by atoms with van der Waals surface area (Å²) in [4.78, 5) is 25.4. The molecule has 2 aliphatic heterocycles. The van der Waals surface area contributed by atoms with Gasteiger partial charge in [0, 0.05) is 19.0 Å². The fourth-order valence-electron chi connectivity index (χ4n) is 3.37. The summed E-state index contributed by atoms with van der Waals surface area (Å²) >= 11 is 1.40. The first-order valence-corrected chi connectivity index (χ1v) is 9.72. The molecule has 0 atom stereocenters. The lowest BCUT2D eigenvalue weighted by Gasteiger charge is -2.29. The Balaban J connectivity index is 1.39. The third kappa shape index (κ3) is 4.96. The summed E-state index contributed by atoms with van der Waals surface area (Å²) in [5, 5.41) is 24.9. The quantitative estimate of drug-likeness (QED) is 0.673. The molecule has 2 saturated heterocycles. The number of likely N-dealkylation sites (tertiary alicyclic amines) is 1. The van der Waals surface area contributed by atoms with E-state index in [0.717, 1.165) is 50.6 Å². The molecule has 0 spiro atoms. The Bertz CT molecular complexity index is 594. The molecule has 138 valence electrons. The van der Waals surface area contributed by atoms with E-state index in [1.165, 1.54) is 11.3 Å². The van der Waals surface area contributed by atoms with Crippen LogP contribution >= 0.6 is 11.3 Å². The first kappa shape index (κ1) is 18.2. The van der Waals surface area contributed by atoms with Crippen molar-refractivity contribution in [3.63, 3.8) is 0 Å². The van der Waals surface area contributed by atoms with Crippen molar-refractivity contribution in [2.45, 2.75) is 31.6 Å². The highest BCUT2D eigenvalue weighted by atomic mass is 32.1. The smallest absolute Gasteiger partial charge is 0.306 e. The summed E-state index contributed by atoms with van der Waals surface area (Å²) in [6.45, 7) is 4.79. The summed E-state index contributed by atoms with van der Waals surface area (Å²) < 4.78 is 0. The molecule has 3 N–H and O–H groups in total. The first-order chi connectivity index (χ1) is 12.1. The first-order valence-electron chi connectivity index (χ1n) is 8.91. The lowest BCUT2D eigenvalue weighted by molar-refractivity contribution is -0.143. The van der Waals surface area contributed by atoms with Crippen molar-refractivity contribution in [1.29, 1.82) is 0 Å². The highest BCUT2D eigenvalue weighted by molar-refractivity contribution is 7.13. The molecule has 0 unspecified atom stereocenters. The molecule has 0 saturated carbocycles. The molecule has 25 heavy (non-hydrogen) atoms. The molecular weight excluding hydrogens is 342 g/mol. The molecule has 0 bridgehead atoms. The van der Waals surface area contributed by atoms with E-state index >= 15 is 0 Å². The van der Waals surface area contributed by atoms with E-state index in [0.29, 0.717) is 30.3 Å². The van der Waals surface area contributed by atoms with Gasteiger partial charge >= 0.3 is 5.97 Å². The number of nitrogens with zero attached hydrogens (tertiary/aromatic N) is 3. The second kappa shape index (κ2) is 8.68. The number of carboxylic acids is 1. The van der Waals surface area contributed by atoms with Gasteiger partial charge in [0.15, 0.2) is 0 Å². The number of nitrogens with one attached hydrogen (secondary N) is 2. The molecule has 1 amide bonds. The standard InChI is InChI=1S/C16H25N5O3S/c22-13(15-20-19-14(25-15)11-1-5-17-6-2-11)18-7-10-21-8-3-12(4-9-21)16(23)24/h11-12,17H,1-10H2,(H,18,22)(H,23,24). The van der Waals surface area contributed by atoms with Crippen LogP contribution in [0.5, 0.6) is 0 Å². The summed E-state index contributed by atoms with van der Waals surface area (Å²) in [6.07, 6.45) is 3.45. The third-order valence-electron chi connectivity index (χ3n) is 4.97. The third-order valence-corrected chi connectivity index (χ3v) is 6.06. The van der Waals surface area contributed by atoms with Crippen molar-refractivity contribution in [2.75, 3.05) is 39.3 Å². The van der Waals surface area contributed by atoms with E-state index in [4.69, 9.17) is 5.11 Å². The van der Waals surface area contributed by atoms with Gasteiger partial charge in [-0.25, -0.2) is 0 Å². The molecule has 8 nitrogen and oxygen atoms in total. The molecule has 3 rings (SSSR count). The van der Waals surface area contributed by atoms with Crippen molar-refractivity contribution in [1.82, 2.24) is 25.7 Å². The van der Waals surface area contributed by atoms with Gasteiger partial charge in [0.2, 0.25) is 5.01 Å². The lowest BCUT2D eigenvalue weighted by atomic mass is 9.97. The van der Waals surface area contributed by atoms with E-state index in [9.17, 15) is 9.59 Å². The molecule has 2 aliphatic rings.